The Bertz CT molecular complexity index is 1180. The lowest BCUT2D eigenvalue weighted by atomic mass is 10.1. The number of esters is 2. The number of rotatable bonds is 6. The van der Waals surface area contributed by atoms with Gasteiger partial charge in [0.1, 0.15) is 11.1 Å². The van der Waals surface area contributed by atoms with Crippen molar-refractivity contribution in [3.05, 3.63) is 33.0 Å². The minimum atomic E-state index is -1.12. The number of cyclic esters (lactones) is 2. The largest absolute Gasteiger partial charge is 0.448 e. The lowest BCUT2D eigenvalue weighted by Gasteiger charge is -2.22. The van der Waals surface area contributed by atoms with Gasteiger partial charge in [0.15, 0.2) is 12.2 Å². The highest BCUT2D eigenvalue weighted by molar-refractivity contribution is 7.17. The molecule has 0 spiro atoms. The highest BCUT2D eigenvalue weighted by Gasteiger charge is 2.32. The van der Waals surface area contributed by atoms with E-state index < -0.39 is 48.0 Å². The van der Waals surface area contributed by atoms with Gasteiger partial charge in [0.25, 0.3) is 17.7 Å². The topological polar surface area (TPSA) is 214 Å². The Labute approximate surface area is 234 Å². The number of nitrogens with two attached hydrogens (primary N) is 3. The van der Waals surface area contributed by atoms with E-state index in [1.54, 1.807) is 12.1 Å². The van der Waals surface area contributed by atoms with Crippen molar-refractivity contribution >= 4 is 62.3 Å². The summed E-state index contributed by atoms with van der Waals surface area (Å²) in [7, 11) is 0. The standard InChI is InChI=1S/C11H16N2O3S.C8H12N2OS.C6H8O4/c1-5(2)8-4-7(9(12)15)11(17-8)13-10(16)6(3)14;1-4(2)6-3-5(7(9)11)8(10)12-6;1-3-5(7)10-4(2)6(8)9-3/h4-6,14H,1-3H3,(H2,12,15)(H,13,16);3-4H,10H2,1-2H3,(H2,9,11);3-4H,1-2H3/t6-;;3-,4-/m0.0/s1. The Morgan fingerprint density at radius 2 is 1.26 bits per heavy atom. The Morgan fingerprint density at radius 3 is 1.59 bits per heavy atom. The molecule has 0 aromatic carbocycles. The molecule has 2 aromatic rings. The van der Waals surface area contributed by atoms with Crippen LogP contribution in [0.15, 0.2) is 12.1 Å². The zero-order valence-electron chi connectivity index (χ0n) is 22.9. The van der Waals surface area contributed by atoms with E-state index in [1.807, 2.05) is 13.8 Å². The van der Waals surface area contributed by atoms with Crippen LogP contribution in [0.2, 0.25) is 0 Å². The van der Waals surface area contributed by atoms with Gasteiger partial charge in [0, 0.05) is 9.75 Å². The normalized spacial score (nSPS) is 17.2. The number of aliphatic hydroxyl groups is 1. The summed E-state index contributed by atoms with van der Waals surface area (Å²) in [5.74, 6) is -1.91. The summed E-state index contributed by atoms with van der Waals surface area (Å²) in [6.07, 6.45) is -2.62. The monoisotopic (exact) mass is 584 g/mol. The van der Waals surface area contributed by atoms with Gasteiger partial charge in [0.05, 0.1) is 16.1 Å². The van der Waals surface area contributed by atoms with Gasteiger partial charge in [-0.15, -0.1) is 22.7 Å². The van der Waals surface area contributed by atoms with E-state index in [9.17, 15) is 24.0 Å². The third-order valence-corrected chi connectivity index (χ3v) is 7.68. The third-order valence-electron chi connectivity index (χ3n) is 5.07. The maximum atomic E-state index is 11.4. The number of primary amides is 2. The zero-order chi connectivity index (χ0) is 30.2. The average Bonchev–Trinajstić information content (AvgIpc) is 3.43. The molecule has 0 aliphatic carbocycles. The summed E-state index contributed by atoms with van der Waals surface area (Å²) in [5, 5.41) is 12.5. The predicted molar refractivity (Wildman–Crippen MR) is 150 cm³/mol. The van der Waals surface area contributed by atoms with E-state index in [4.69, 9.17) is 22.3 Å². The first-order valence-electron chi connectivity index (χ1n) is 12.0. The summed E-state index contributed by atoms with van der Waals surface area (Å²) in [5.41, 5.74) is 16.7. The van der Waals surface area contributed by atoms with E-state index in [1.165, 1.54) is 43.4 Å². The van der Waals surface area contributed by atoms with Crippen LogP contribution in [-0.2, 0) is 23.9 Å². The van der Waals surface area contributed by atoms with Crippen molar-refractivity contribution in [1.29, 1.82) is 0 Å². The quantitative estimate of drug-likeness (QED) is 0.315. The number of aliphatic hydroxyl groups excluding tert-OH is 1. The molecule has 3 amide bonds. The molecule has 0 bridgehead atoms. The first-order chi connectivity index (χ1) is 18.0. The second kappa shape index (κ2) is 14.6. The summed E-state index contributed by atoms with van der Waals surface area (Å²) >= 11 is 2.73. The highest BCUT2D eigenvalue weighted by Crippen LogP contribution is 2.33. The van der Waals surface area contributed by atoms with Crippen LogP contribution in [0.4, 0.5) is 10.0 Å². The van der Waals surface area contributed by atoms with Gasteiger partial charge in [-0.3, -0.25) is 14.4 Å². The van der Waals surface area contributed by atoms with Crippen molar-refractivity contribution in [2.24, 2.45) is 11.5 Å². The number of nitrogen functional groups attached to an aromatic ring is 1. The molecule has 1 saturated heterocycles. The van der Waals surface area contributed by atoms with Crippen LogP contribution in [0, 0.1) is 0 Å². The fourth-order valence-electron chi connectivity index (χ4n) is 2.73. The molecular formula is C25H36N4O8S2. The fraction of sp³-hybridized carbons (Fsp3) is 0.480. The number of nitrogens with one attached hydrogen (secondary N) is 1. The Kier molecular flexibility index (Phi) is 12.6. The smallest absolute Gasteiger partial charge is 0.347 e. The maximum Gasteiger partial charge on any atom is 0.347 e. The molecule has 2 aromatic heterocycles. The molecular weight excluding hydrogens is 548 g/mol. The molecule has 0 radical (unpaired) electrons. The lowest BCUT2D eigenvalue weighted by Crippen LogP contribution is -2.40. The van der Waals surface area contributed by atoms with Gasteiger partial charge in [0.2, 0.25) is 0 Å². The van der Waals surface area contributed by atoms with Crippen molar-refractivity contribution < 1.29 is 38.6 Å². The van der Waals surface area contributed by atoms with Crippen LogP contribution in [0.5, 0.6) is 0 Å². The SMILES string of the molecule is CC(C)c1cc(C(N)=O)c(N)s1.CC(C)c1cc(C(N)=O)c(NC(=O)[C@H](C)O)s1.C[C@@H]1OC(=O)[C@H](C)OC1=O. The molecule has 1 fully saturated rings. The molecule has 8 N–H and O–H groups in total. The van der Waals surface area contributed by atoms with Crippen LogP contribution in [0.25, 0.3) is 0 Å². The Morgan fingerprint density at radius 1 is 0.846 bits per heavy atom. The van der Waals surface area contributed by atoms with E-state index in [0.29, 0.717) is 21.5 Å². The highest BCUT2D eigenvalue weighted by atomic mass is 32.1. The second-order valence-electron chi connectivity index (χ2n) is 9.18. The minimum Gasteiger partial charge on any atom is -0.448 e. The molecule has 3 atom stereocenters. The first-order valence-corrected chi connectivity index (χ1v) is 13.6. The summed E-state index contributed by atoms with van der Waals surface area (Å²) in [6, 6.07) is 3.45. The zero-order valence-corrected chi connectivity index (χ0v) is 24.5. The van der Waals surface area contributed by atoms with Crippen LogP contribution in [0.1, 0.15) is 90.8 Å². The van der Waals surface area contributed by atoms with Crippen molar-refractivity contribution in [2.75, 3.05) is 11.1 Å². The number of ether oxygens (including phenoxy) is 2. The number of carbonyl (C=O) groups excluding carboxylic acids is 5. The van der Waals surface area contributed by atoms with Gasteiger partial charge < -0.3 is 37.1 Å². The molecule has 0 unspecified atom stereocenters. The molecule has 39 heavy (non-hydrogen) atoms. The Hall–Kier alpha value is -3.49. The number of carbonyl (C=O) groups is 5. The minimum absolute atomic E-state index is 0.246. The van der Waals surface area contributed by atoms with Crippen molar-refractivity contribution in [1.82, 2.24) is 0 Å². The average molecular weight is 585 g/mol. The van der Waals surface area contributed by atoms with Gasteiger partial charge >= 0.3 is 11.9 Å². The molecule has 1 aliphatic heterocycles. The lowest BCUT2D eigenvalue weighted by molar-refractivity contribution is -0.191. The number of hydrogen-bond acceptors (Lipinski definition) is 11. The van der Waals surface area contributed by atoms with Gasteiger partial charge in [-0.1, -0.05) is 27.7 Å². The summed E-state index contributed by atoms with van der Waals surface area (Å²) < 4.78 is 9.19. The molecule has 3 heterocycles. The summed E-state index contributed by atoms with van der Waals surface area (Å²) in [6.45, 7) is 12.4. The fourth-order valence-corrected chi connectivity index (χ4v) is 4.73. The number of thiophene rings is 2. The molecule has 0 saturated carbocycles. The van der Waals surface area contributed by atoms with Crippen molar-refractivity contribution in [2.45, 2.75) is 78.6 Å². The van der Waals surface area contributed by atoms with Crippen LogP contribution in [0.3, 0.4) is 0 Å². The predicted octanol–water partition coefficient (Wildman–Crippen LogP) is 2.71. The van der Waals surface area contributed by atoms with Gasteiger partial charge in [-0.05, 0) is 44.7 Å². The van der Waals surface area contributed by atoms with E-state index in [0.717, 1.165) is 9.75 Å². The van der Waals surface area contributed by atoms with Crippen molar-refractivity contribution in [3.63, 3.8) is 0 Å². The molecule has 3 rings (SSSR count). The third kappa shape index (κ3) is 9.96. The van der Waals surface area contributed by atoms with E-state index in [2.05, 4.69) is 28.6 Å². The molecule has 14 heteroatoms. The van der Waals surface area contributed by atoms with Crippen LogP contribution in [-0.4, -0.2) is 53.1 Å². The number of anilines is 2. The van der Waals surface area contributed by atoms with Crippen LogP contribution < -0.4 is 22.5 Å². The Balaban J connectivity index is 0.000000305. The van der Waals surface area contributed by atoms with Crippen molar-refractivity contribution in [3.8, 4) is 0 Å². The maximum absolute atomic E-state index is 11.4. The van der Waals surface area contributed by atoms with Gasteiger partial charge in [-0.2, -0.15) is 0 Å². The van der Waals surface area contributed by atoms with E-state index in [-0.39, 0.29) is 11.5 Å². The molecule has 12 nitrogen and oxygen atoms in total. The summed E-state index contributed by atoms with van der Waals surface area (Å²) in [4.78, 5) is 56.7. The first kappa shape index (κ1) is 33.5. The molecule has 1 aliphatic rings. The van der Waals surface area contributed by atoms with E-state index >= 15 is 0 Å². The second-order valence-corrected chi connectivity index (χ2v) is 11.4. The van der Waals surface area contributed by atoms with Gasteiger partial charge in [-0.25, -0.2) is 9.59 Å². The number of hydrogen-bond donors (Lipinski definition) is 5. The number of amides is 3. The van der Waals surface area contributed by atoms with Crippen LogP contribution >= 0.6 is 22.7 Å². The molecule has 216 valence electrons.